The molecule has 0 radical (unpaired) electrons. The van der Waals surface area contributed by atoms with Crippen molar-refractivity contribution >= 4 is 22.0 Å². The van der Waals surface area contributed by atoms with Crippen molar-refractivity contribution in [1.29, 1.82) is 0 Å². The first kappa shape index (κ1) is 19.9. The lowest BCUT2D eigenvalue weighted by molar-refractivity contribution is -0.138. The summed E-state index contributed by atoms with van der Waals surface area (Å²) >= 11 is 0. The van der Waals surface area contributed by atoms with E-state index in [-0.39, 0.29) is 18.8 Å². The van der Waals surface area contributed by atoms with Crippen LogP contribution in [0.5, 0.6) is 0 Å². The first-order chi connectivity index (χ1) is 15.3. The van der Waals surface area contributed by atoms with Crippen LogP contribution in [0.15, 0.2) is 86.8 Å². The Hall–Kier alpha value is -4.01. The molecule has 2 heterocycles. The van der Waals surface area contributed by atoms with Crippen molar-refractivity contribution in [3.8, 4) is 0 Å². The SMILES string of the molecule is O=c1oc2ccccc2n1Cn1c(=O)c2ccccc2n1Cc1ccccc1C(F)(F)F. The summed E-state index contributed by atoms with van der Waals surface area (Å²) < 4.78 is 50.0. The molecule has 3 aromatic carbocycles. The molecule has 32 heavy (non-hydrogen) atoms. The number of benzene rings is 3. The summed E-state index contributed by atoms with van der Waals surface area (Å²) in [6.07, 6.45) is -4.54. The maximum absolute atomic E-state index is 13.6. The standard InChI is InChI=1S/C23H16F3N3O3/c24-23(25,26)17-9-3-1-7-15(17)13-28-18-10-4-2-8-16(18)21(30)29(28)14-27-19-11-5-6-12-20(19)32-22(27)31/h1-12H,13-14H2. The minimum absolute atomic E-state index is 0.0129. The van der Waals surface area contributed by atoms with Crippen molar-refractivity contribution in [3.05, 3.63) is 105 Å². The summed E-state index contributed by atoms with van der Waals surface area (Å²) in [5, 5.41) is 0.345. The molecule has 0 aliphatic heterocycles. The molecule has 0 N–H and O–H groups in total. The summed E-state index contributed by atoms with van der Waals surface area (Å²) in [6.45, 7) is -0.416. The van der Waals surface area contributed by atoms with Crippen molar-refractivity contribution in [2.45, 2.75) is 19.4 Å². The molecular weight excluding hydrogens is 423 g/mol. The van der Waals surface area contributed by atoms with Crippen LogP contribution in [0.2, 0.25) is 0 Å². The second-order valence-corrected chi connectivity index (χ2v) is 7.34. The molecule has 0 spiro atoms. The van der Waals surface area contributed by atoms with Gasteiger partial charge in [-0.05, 0) is 35.9 Å². The van der Waals surface area contributed by atoms with E-state index in [1.165, 1.54) is 32.1 Å². The Morgan fingerprint density at radius 2 is 1.44 bits per heavy atom. The lowest BCUT2D eigenvalue weighted by Crippen LogP contribution is -2.30. The van der Waals surface area contributed by atoms with Crippen LogP contribution in [0.1, 0.15) is 11.1 Å². The monoisotopic (exact) mass is 439 g/mol. The zero-order valence-corrected chi connectivity index (χ0v) is 16.5. The highest BCUT2D eigenvalue weighted by Gasteiger charge is 2.33. The molecule has 0 unspecified atom stereocenters. The molecule has 9 heteroatoms. The Labute approximate surface area is 178 Å². The number of oxazole rings is 1. The quantitative estimate of drug-likeness (QED) is 0.420. The van der Waals surface area contributed by atoms with Crippen molar-refractivity contribution in [3.63, 3.8) is 0 Å². The van der Waals surface area contributed by atoms with Gasteiger partial charge < -0.3 is 4.42 Å². The van der Waals surface area contributed by atoms with E-state index in [4.69, 9.17) is 4.42 Å². The van der Waals surface area contributed by atoms with Gasteiger partial charge in [-0.25, -0.2) is 9.48 Å². The van der Waals surface area contributed by atoms with Gasteiger partial charge in [-0.1, -0.05) is 42.5 Å². The topological polar surface area (TPSA) is 62.1 Å². The number of alkyl halides is 3. The molecular formula is C23H16F3N3O3. The zero-order chi connectivity index (χ0) is 22.5. The van der Waals surface area contributed by atoms with Crippen molar-refractivity contribution in [2.75, 3.05) is 0 Å². The highest BCUT2D eigenvalue weighted by atomic mass is 19.4. The van der Waals surface area contributed by atoms with E-state index < -0.39 is 23.1 Å². The highest BCUT2D eigenvalue weighted by molar-refractivity contribution is 5.78. The first-order valence-electron chi connectivity index (χ1n) is 9.76. The van der Waals surface area contributed by atoms with Crippen molar-refractivity contribution in [1.82, 2.24) is 13.9 Å². The van der Waals surface area contributed by atoms with Gasteiger partial charge in [0.05, 0.1) is 28.5 Å². The minimum atomic E-state index is -4.54. The highest BCUT2D eigenvalue weighted by Crippen LogP contribution is 2.32. The van der Waals surface area contributed by atoms with Gasteiger partial charge in [0.2, 0.25) is 0 Å². The number of nitrogens with zero attached hydrogens (tertiary/aromatic N) is 3. The number of aromatic nitrogens is 3. The molecule has 5 rings (SSSR count). The van der Waals surface area contributed by atoms with E-state index in [2.05, 4.69) is 0 Å². The predicted molar refractivity (Wildman–Crippen MR) is 113 cm³/mol. The van der Waals surface area contributed by atoms with Crippen LogP contribution < -0.4 is 11.3 Å². The van der Waals surface area contributed by atoms with Gasteiger partial charge in [-0.3, -0.25) is 14.0 Å². The number of rotatable bonds is 4. The number of fused-ring (bicyclic) bond motifs is 2. The average molecular weight is 439 g/mol. The predicted octanol–water partition coefficient (Wildman–Crippen LogP) is 4.28. The van der Waals surface area contributed by atoms with Gasteiger partial charge in [0.15, 0.2) is 5.58 Å². The molecule has 6 nitrogen and oxygen atoms in total. The fourth-order valence-corrected chi connectivity index (χ4v) is 3.95. The van der Waals surface area contributed by atoms with Crippen LogP contribution in [0.25, 0.3) is 22.0 Å². The second-order valence-electron chi connectivity index (χ2n) is 7.34. The summed E-state index contributed by atoms with van der Waals surface area (Å²) in [7, 11) is 0. The third kappa shape index (κ3) is 3.22. The van der Waals surface area contributed by atoms with Crippen LogP contribution in [0, 0.1) is 0 Å². The molecule has 0 atom stereocenters. The van der Waals surface area contributed by atoms with E-state index in [1.807, 2.05) is 0 Å². The minimum Gasteiger partial charge on any atom is -0.408 e. The summed E-state index contributed by atoms with van der Waals surface area (Å²) in [5.74, 6) is -0.661. The number of para-hydroxylation sites is 3. The Bertz CT molecular complexity index is 1570. The Morgan fingerprint density at radius 3 is 2.22 bits per heavy atom. The maximum atomic E-state index is 13.6. The van der Waals surface area contributed by atoms with Crippen molar-refractivity contribution in [2.24, 2.45) is 0 Å². The molecule has 162 valence electrons. The molecule has 0 fully saturated rings. The van der Waals surface area contributed by atoms with E-state index in [9.17, 15) is 22.8 Å². The second kappa shape index (κ2) is 7.30. The van der Waals surface area contributed by atoms with Gasteiger partial charge >= 0.3 is 11.9 Å². The molecule has 0 aliphatic rings. The Morgan fingerprint density at radius 1 is 0.781 bits per heavy atom. The number of hydrogen-bond donors (Lipinski definition) is 0. The molecule has 0 aliphatic carbocycles. The summed E-state index contributed by atoms with van der Waals surface area (Å²) in [5.41, 5.74) is 0.131. The lowest BCUT2D eigenvalue weighted by Gasteiger charge is -2.17. The van der Waals surface area contributed by atoms with Crippen molar-refractivity contribution < 1.29 is 17.6 Å². The molecule has 0 saturated heterocycles. The van der Waals surface area contributed by atoms with Gasteiger partial charge in [-0.15, -0.1) is 0 Å². The van der Waals surface area contributed by atoms with E-state index in [0.29, 0.717) is 22.0 Å². The van der Waals surface area contributed by atoms with Gasteiger partial charge in [-0.2, -0.15) is 13.2 Å². The number of hydrogen-bond acceptors (Lipinski definition) is 3. The van der Waals surface area contributed by atoms with E-state index >= 15 is 0 Å². The first-order valence-corrected chi connectivity index (χ1v) is 9.76. The normalized spacial score (nSPS) is 12.1. The van der Waals surface area contributed by atoms with Crippen LogP contribution >= 0.6 is 0 Å². The van der Waals surface area contributed by atoms with Crippen LogP contribution in [-0.2, 0) is 19.4 Å². The smallest absolute Gasteiger partial charge is 0.408 e. The zero-order valence-electron chi connectivity index (χ0n) is 16.5. The number of halogens is 3. The lowest BCUT2D eigenvalue weighted by atomic mass is 10.1. The van der Waals surface area contributed by atoms with Crippen LogP contribution in [0.3, 0.4) is 0 Å². The van der Waals surface area contributed by atoms with Gasteiger partial charge in [0.1, 0.15) is 6.67 Å². The third-order valence-corrected chi connectivity index (χ3v) is 5.43. The van der Waals surface area contributed by atoms with Gasteiger partial charge in [0, 0.05) is 0 Å². The maximum Gasteiger partial charge on any atom is 0.421 e. The average Bonchev–Trinajstić information content (AvgIpc) is 3.23. The summed E-state index contributed by atoms with van der Waals surface area (Å²) in [4.78, 5) is 25.6. The Balaban J connectivity index is 1.71. The van der Waals surface area contributed by atoms with Crippen LogP contribution in [0.4, 0.5) is 13.2 Å². The molecule has 0 bridgehead atoms. The summed E-state index contributed by atoms with van der Waals surface area (Å²) in [6, 6.07) is 18.6. The third-order valence-electron chi connectivity index (χ3n) is 5.43. The fourth-order valence-electron chi connectivity index (χ4n) is 3.95. The molecule has 5 aromatic rings. The molecule has 0 amide bonds. The fraction of sp³-hybridized carbons (Fsp3) is 0.130. The van der Waals surface area contributed by atoms with E-state index in [0.717, 1.165) is 6.07 Å². The molecule has 2 aromatic heterocycles. The van der Waals surface area contributed by atoms with Gasteiger partial charge in [0.25, 0.3) is 5.56 Å². The largest absolute Gasteiger partial charge is 0.421 e. The van der Waals surface area contributed by atoms with E-state index in [1.54, 1.807) is 48.5 Å². The Kier molecular flexibility index (Phi) is 4.54. The van der Waals surface area contributed by atoms with Crippen LogP contribution in [-0.4, -0.2) is 13.9 Å². The molecule has 0 saturated carbocycles.